The third-order valence-electron chi connectivity index (χ3n) is 2.35. The van der Waals surface area contributed by atoms with Crippen LogP contribution < -0.4 is 10.5 Å². The fraction of sp³-hybridized carbons (Fsp3) is 0.0833. The molecule has 0 aliphatic carbocycles. The Morgan fingerprint density at radius 3 is 2.83 bits per heavy atom. The number of aryl methyl sites for hydroxylation is 1. The minimum absolute atomic E-state index is 0.0365. The van der Waals surface area contributed by atoms with Crippen LogP contribution in [0.5, 0.6) is 11.6 Å². The van der Waals surface area contributed by atoms with E-state index in [2.05, 4.69) is 4.98 Å². The molecular formula is C12H11N3O3. The highest BCUT2D eigenvalue weighted by molar-refractivity contribution is 5.50. The van der Waals surface area contributed by atoms with Gasteiger partial charge >= 0.3 is 5.69 Å². The van der Waals surface area contributed by atoms with Crippen LogP contribution in [0, 0.1) is 17.0 Å². The smallest absolute Gasteiger partial charge is 0.334 e. The minimum atomic E-state index is -0.510. The van der Waals surface area contributed by atoms with E-state index >= 15 is 0 Å². The van der Waals surface area contributed by atoms with Gasteiger partial charge in [-0.25, -0.2) is 4.98 Å². The second-order valence-corrected chi connectivity index (χ2v) is 3.71. The molecule has 0 aliphatic rings. The Hall–Kier alpha value is -2.63. The molecule has 2 aromatic rings. The molecule has 6 heteroatoms. The number of ether oxygens (including phenoxy) is 1. The Bertz CT molecular complexity index is 599. The Balaban J connectivity index is 2.40. The van der Waals surface area contributed by atoms with E-state index in [-0.39, 0.29) is 11.6 Å². The summed E-state index contributed by atoms with van der Waals surface area (Å²) in [5, 5.41) is 11.0. The summed E-state index contributed by atoms with van der Waals surface area (Å²) in [6.07, 6.45) is 1.46. The highest BCUT2D eigenvalue weighted by atomic mass is 16.6. The molecule has 0 aliphatic heterocycles. The van der Waals surface area contributed by atoms with Crippen molar-refractivity contribution in [3.63, 3.8) is 0 Å². The number of pyridine rings is 1. The number of benzene rings is 1. The first-order valence-corrected chi connectivity index (χ1v) is 5.21. The Morgan fingerprint density at radius 1 is 1.39 bits per heavy atom. The van der Waals surface area contributed by atoms with Crippen molar-refractivity contribution in [1.29, 1.82) is 0 Å². The lowest BCUT2D eigenvalue weighted by molar-refractivity contribution is -0.386. The van der Waals surface area contributed by atoms with E-state index in [0.717, 1.165) is 0 Å². The van der Waals surface area contributed by atoms with Gasteiger partial charge in [-0.3, -0.25) is 10.1 Å². The average molecular weight is 245 g/mol. The quantitative estimate of drug-likeness (QED) is 0.510. The van der Waals surface area contributed by atoms with E-state index in [1.54, 1.807) is 37.3 Å². The molecule has 1 heterocycles. The molecular weight excluding hydrogens is 234 g/mol. The maximum Gasteiger partial charge on any atom is 0.334 e. The summed E-state index contributed by atoms with van der Waals surface area (Å²) < 4.78 is 5.40. The zero-order valence-electron chi connectivity index (χ0n) is 9.66. The highest BCUT2D eigenvalue weighted by Crippen LogP contribution is 2.31. The Morgan fingerprint density at radius 2 is 2.17 bits per heavy atom. The minimum Gasteiger partial charge on any atom is -0.434 e. The summed E-state index contributed by atoms with van der Waals surface area (Å²) in [5.41, 5.74) is 6.48. The van der Waals surface area contributed by atoms with E-state index in [9.17, 15) is 10.1 Å². The van der Waals surface area contributed by atoms with Gasteiger partial charge in [0, 0.05) is 23.5 Å². The second-order valence-electron chi connectivity index (χ2n) is 3.71. The number of nitro groups is 1. The third-order valence-corrected chi connectivity index (χ3v) is 2.35. The van der Waals surface area contributed by atoms with E-state index < -0.39 is 4.92 Å². The third kappa shape index (κ3) is 2.37. The zero-order valence-corrected chi connectivity index (χ0v) is 9.66. The van der Waals surface area contributed by atoms with Crippen molar-refractivity contribution in [2.24, 2.45) is 0 Å². The molecule has 0 radical (unpaired) electrons. The van der Waals surface area contributed by atoms with Crippen LogP contribution in [0.2, 0.25) is 0 Å². The molecule has 0 atom stereocenters. The average Bonchev–Trinajstić information content (AvgIpc) is 2.28. The first kappa shape index (κ1) is 11.8. The monoisotopic (exact) mass is 245 g/mol. The van der Waals surface area contributed by atoms with Crippen molar-refractivity contribution in [3.8, 4) is 11.6 Å². The zero-order chi connectivity index (χ0) is 13.1. The lowest BCUT2D eigenvalue weighted by Gasteiger charge is -2.06. The van der Waals surface area contributed by atoms with Gasteiger partial charge in [-0.05, 0) is 25.1 Å². The predicted octanol–water partition coefficient (Wildman–Crippen LogP) is 2.67. The molecule has 2 rings (SSSR count). The summed E-state index contributed by atoms with van der Waals surface area (Å²) in [4.78, 5) is 14.3. The predicted molar refractivity (Wildman–Crippen MR) is 66.6 cm³/mol. The van der Waals surface area contributed by atoms with Gasteiger partial charge in [0.25, 0.3) is 5.88 Å². The van der Waals surface area contributed by atoms with Gasteiger partial charge in [0.05, 0.1) is 4.92 Å². The van der Waals surface area contributed by atoms with Crippen LogP contribution in [0.4, 0.5) is 11.4 Å². The van der Waals surface area contributed by atoms with Crippen molar-refractivity contribution in [1.82, 2.24) is 4.98 Å². The Labute approximate surface area is 103 Å². The van der Waals surface area contributed by atoms with Gasteiger partial charge in [0.1, 0.15) is 5.75 Å². The summed E-state index contributed by atoms with van der Waals surface area (Å²) in [6, 6.07) is 8.19. The van der Waals surface area contributed by atoms with Crippen LogP contribution >= 0.6 is 0 Å². The summed E-state index contributed by atoms with van der Waals surface area (Å²) in [5.74, 6) is 0.377. The molecule has 18 heavy (non-hydrogen) atoms. The number of nitrogens with zero attached hydrogens (tertiary/aromatic N) is 2. The number of hydrogen-bond acceptors (Lipinski definition) is 5. The largest absolute Gasteiger partial charge is 0.434 e. The van der Waals surface area contributed by atoms with E-state index in [4.69, 9.17) is 10.5 Å². The molecule has 1 aromatic heterocycles. The van der Waals surface area contributed by atoms with Crippen LogP contribution in [0.3, 0.4) is 0 Å². The molecule has 0 fully saturated rings. The van der Waals surface area contributed by atoms with Crippen molar-refractivity contribution < 1.29 is 9.66 Å². The van der Waals surface area contributed by atoms with Crippen LogP contribution in [0.15, 0.2) is 36.5 Å². The number of nitrogen functional groups attached to an aromatic ring is 1. The maximum absolute atomic E-state index is 11.0. The molecule has 1 aromatic carbocycles. The second kappa shape index (κ2) is 4.70. The number of aromatic nitrogens is 1. The van der Waals surface area contributed by atoms with Crippen molar-refractivity contribution >= 4 is 11.4 Å². The van der Waals surface area contributed by atoms with Crippen LogP contribution in [-0.2, 0) is 0 Å². The Kier molecular flexibility index (Phi) is 3.09. The van der Waals surface area contributed by atoms with Gasteiger partial charge in [0.2, 0.25) is 0 Å². The number of anilines is 1. The standard InChI is InChI=1S/C12H11N3O3/c1-8-5-6-14-12(11(8)15(16)17)18-10-4-2-3-9(13)7-10/h2-7H,13H2,1H3. The van der Waals surface area contributed by atoms with Crippen LogP contribution in [-0.4, -0.2) is 9.91 Å². The number of nitrogens with two attached hydrogens (primary N) is 1. The van der Waals surface area contributed by atoms with Crippen LogP contribution in [0.1, 0.15) is 5.56 Å². The van der Waals surface area contributed by atoms with Gasteiger partial charge in [-0.15, -0.1) is 0 Å². The van der Waals surface area contributed by atoms with Gasteiger partial charge in [-0.2, -0.15) is 0 Å². The number of hydrogen-bond donors (Lipinski definition) is 1. The van der Waals surface area contributed by atoms with Crippen molar-refractivity contribution in [2.75, 3.05) is 5.73 Å². The topological polar surface area (TPSA) is 91.3 Å². The van der Waals surface area contributed by atoms with Crippen molar-refractivity contribution in [3.05, 3.63) is 52.2 Å². The molecule has 0 bridgehead atoms. The molecule has 0 unspecified atom stereocenters. The summed E-state index contributed by atoms with van der Waals surface area (Å²) >= 11 is 0. The fourth-order valence-corrected chi connectivity index (χ4v) is 1.51. The molecule has 0 amide bonds. The lowest BCUT2D eigenvalue weighted by atomic mass is 10.2. The first-order valence-electron chi connectivity index (χ1n) is 5.21. The molecule has 0 spiro atoms. The van der Waals surface area contributed by atoms with Crippen molar-refractivity contribution in [2.45, 2.75) is 6.92 Å². The molecule has 2 N–H and O–H groups in total. The van der Waals surface area contributed by atoms with Gasteiger partial charge in [-0.1, -0.05) is 6.07 Å². The molecule has 0 saturated carbocycles. The lowest BCUT2D eigenvalue weighted by Crippen LogP contribution is -1.98. The highest BCUT2D eigenvalue weighted by Gasteiger charge is 2.20. The van der Waals surface area contributed by atoms with E-state index in [1.807, 2.05) is 0 Å². The number of rotatable bonds is 3. The van der Waals surface area contributed by atoms with Gasteiger partial charge < -0.3 is 10.5 Å². The summed E-state index contributed by atoms with van der Waals surface area (Å²) in [7, 11) is 0. The normalized spacial score (nSPS) is 10.1. The molecule has 6 nitrogen and oxygen atoms in total. The molecule has 0 saturated heterocycles. The maximum atomic E-state index is 11.0. The van der Waals surface area contributed by atoms with Crippen LogP contribution in [0.25, 0.3) is 0 Å². The fourth-order valence-electron chi connectivity index (χ4n) is 1.51. The molecule has 92 valence electrons. The van der Waals surface area contributed by atoms with E-state index in [1.165, 1.54) is 6.20 Å². The SMILES string of the molecule is Cc1ccnc(Oc2cccc(N)c2)c1[N+](=O)[O-]. The summed E-state index contributed by atoms with van der Waals surface area (Å²) in [6.45, 7) is 1.63. The van der Waals surface area contributed by atoms with Gasteiger partial charge in [0.15, 0.2) is 0 Å². The first-order chi connectivity index (χ1) is 8.58. The van der Waals surface area contributed by atoms with E-state index in [0.29, 0.717) is 17.0 Å².